The molecule has 112 valence electrons. The van der Waals surface area contributed by atoms with Crippen molar-refractivity contribution in [2.75, 3.05) is 17.6 Å². The third-order valence-electron chi connectivity index (χ3n) is 3.73. The zero-order valence-corrected chi connectivity index (χ0v) is 12.8. The largest absolute Gasteiger partial charge is 0.395 e. The smallest absolute Gasteiger partial charge is 0.221 e. The normalized spacial score (nSPS) is 11.2. The molecule has 4 aromatic heterocycles. The number of rotatable bonds is 2. The number of pyridine rings is 1. The van der Waals surface area contributed by atoms with Crippen molar-refractivity contribution in [3.63, 3.8) is 0 Å². The molecule has 0 spiro atoms. The second-order valence-corrected chi connectivity index (χ2v) is 5.41. The number of anilines is 2. The average Bonchev–Trinajstić information content (AvgIpc) is 2.90. The number of hydrogen-bond acceptors (Lipinski definition) is 6. The number of nitrogen functional groups attached to an aromatic ring is 1. The highest BCUT2D eigenvalue weighted by atomic mass is 15.2. The van der Waals surface area contributed by atoms with E-state index in [9.17, 15) is 0 Å². The van der Waals surface area contributed by atoms with E-state index in [4.69, 9.17) is 5.73 Å². The zero-order valence-electron chi connectivity index (χ0n) is 12.8. The van der Waals surface area contributed by atoms with Crippen molar-refractivity contribution < 1.29 is 0 Å². The summed E-state index contributed by atoms with van der Waals surface area (Å²) in [7, 11) is 3.83. The number of nitrogens with two attached hydrogens (primary N) is 1. The first-order valence-corrected chi connectivity index (χ1v) is 7.17. The monoisotopic (exact) mass is 303 g/mol. The number of fused-ring (bicyclic) bond motifs is 3. The van der Waals surface area contributed by atoms with Crippen molar-refractivity contribution in [3.8, 4) is 11.3 Å². The van der Waals surface area contributed by atoms with Crippen molar-refractivity contribution in [1.29, 1.82) is 0 Å². The summed E-state index contributed by atoms with van der Waals surface area (Å²) < 4.78 is 1.85. The van der Waals surface area contributed by atoms with Gasteiger partial charge in [0, 0.05) is 29.5 Å². The van der Waals surface area contributed by atoms with Crippen LogP contribution in [0.25, 0.3) is 27.8 Å². The van der Waals surface area contributed by atoms with Crippen molar-refractivity contribution in [2.24, 2.45) is 0 Å². The maximum absolute atomic E-state index is 6.06. The van der Waals surface area contributed by atoms with Crippen LogP contribution >= 0.6 is 0 Å². The van der Waals surface area contributed by atoms with Crippen LogP contribution in [0, 0.1) is 0 Å². The lowest BCUT2D eigenvalue weighted by Crippen LogP contribution is -2.14. The Labute approximate surface area is 133 Å². The average molecular weight is 303 g/mol. The third kappa shape index (κ3) is 1.99. The van der Waals surface area contributed by atoms with E-state index in [0.717, 1.165) is 27.8 Å². The van der Waals surface area contributed by atoms with Gasteiger partial charge in [0.2, 0.25) is 19.9 Å². The zero-order chi connectivity index (χ0) is 16.0. The maximum Gasteiger partial charge on any atom is 0.221 e. The molecule has 8 heteroatoms. The fraction of sp³-hybridized carbons (Fsp3) is 0.0667. The van der Waals surface area contributed by atoms with Gasteiger partial charge < -0.3 is 10.5 Å². The summed E-state index contributed by atoms with van der Waals surface area (Å²) in [4.78, 5) is 19.4. The lowest BCUT2D eigenvalue weighted by Gasteiger charge is -2.11. The van der Waals surface area contributed by atoms with Gasteiger partial charge >= 0.3 is 0 Å². The van der Waals surface area contributed by atoms with Crippen LogP contribution in [0.15, 0.2) is 42.9 Å². The number of hydrogen-bond donors (Lipinski definition) is 1. The van der Waals surface area contributed by atoms with E-state index < -0.39 is 0 Å². The summed E-state index contributed by atoms with van der Waals surface area (Å²) in [6.07, 6.45) is 5.20. The molecule has 0 aliphatic carbocycles. The quantitative estimate of drug-likeness (QED) is 0.554. The van der Waals surface area contributed by atoms with E-state index in [1.165, 1.54) is 0 Å². The molecule has 0 radical (unpaired) electrons. The van der Waals surface area contributed by atoms with Gasteiger partial charge in [0.15, 0.2) is 0 Å². The molecule has 23 heavy (non-hydrogen) atoms. The lowest BCUT2D eigenvalue weighted by atomic mass is 10.1. The summed E-state index contributed by atoms with van der Waals surface area (Å²) in [5.41, 5.74) is 9.57. The Morgan fingerprint density at radius 3 is 2.74 bits per heavy atom. The molecule has 4 aromatic rings. The molecular weight excluding hydrogens is 289 g/mol. The van der Waals surface area contributed by atoms with Crippen LogP contribution in [0.4, 0.5) is 11.9 Å². The summed E-state index contributed by atoms with van der Waals surface area (Å²) in [6.45, 7) is 0. The highest BCUT2D eigenvalue weighted by Gasteiger charge is 2.17. The van der Waals surface area contributed by atoms with Gasteiger partial charge in [-0.3, -0.25) is 4.40 Å². The molecule has 0 bridgehead atoms. The molecule has 0 amide bonds. The standard InChI is InChI=1S/C15H14BN7/c1-22(16)15-20-7-4-10(21-15)12-9-3-2-6-18-13(9)23-11(12)5-8-19-14(23)17/h2-8H,16H2,1H3,(H2,17,19). The van der Waals surface area contributed by atoms with Crippen LogP contribution in [0.5, 0.6) is 0 Å². The van der Waals surface area contributed by atoms with E-state index >= 15 is 0 Å². The number of aromatic nitrogens is 5. The summed E-state index contributed by atoms with van der Waals surface area (Å²) in [5.74, 6) is 1.06. The van der Waals surface area contributed by atoms with E-state index in [1.807, 2.05) is 48.5 Å². The Kier molecular flexibility index (Phi) is 2.90. The van der Waals surface area contributed by atoms with Gasteiger partial charge in [-0.25, -0.2) is 19.9 Å². The molecule has 0 aliphatic rings. The van der Waals surface area contributed by atoms with E-state index in [2.05, 4.69) is 19.9 Å². The number of nitrogens with zero attached hydrogens (tertiary/aromatic N) is 6. The second-order valence-electron chi connectivity index (χ2n) is 5.41. The Balaban J connectivity index is 2.14. The molecule has 4 rings (SSSR count). The van der Waals surface area contributed by atoms with Gasteiger partial charge in [-0.1, -0.05) is 0 Å². The summed E-state index contributed by atoms with van der Waals surface area (Å²) in [6, 6.07) is 7.74. The topological polar surface area (TPSA) is 85.2 Å². The lowest BCUT2D eigenvalue weighted by molar-refractivity contribution is 1.10. The van der Waals surface area contributed by atoms with Gasteiger partial charge in [-0.15, -0.1) is 0 Å². The summed E-state index contributed by atoms with van der Waals surface area (Å²) >= 11 is 0. The molecule has 0 aromatic carbocycles. The van der Waals surface area contributed by atoms with Crippen LogP contribution in [0.3, 0.4) is 0 Å². The van der Waals surface area contributed by atoms with Crippen LogP contribution in [-0.2, 0) is 0 Å². The molecule has 0 unspecified atom stereocenters. The molecule has 0 saturated carbocycles. The minimum absolute atomic E-state index is 0.402. The molecule has 0 aliphatic heterocycles. The van der Waals surface area contributed by atoms with Gasteiger partial charge in [0.1, 0.15) is 5.65 Å². The first-order valence-electron chi connectivity index (χ1n) is 7.17. The van der Waals surface area contributed by atoms with Gasteiger partial charge in [0.05, 0.1) is 11.2 Å². The van der Waals surface area contributed by atoms with Gasteiger partial charge in [-0.05, 0) is 31.3 Å². The second kappa shape index (κ2) is 4.94. The maximum atomic E-state index is 6.06. The van der Waals surface area contributed by atoms with E-state index in [0.29, 0.717) is 11.9 Å². The highest BCUT2D eigenvalue weighted by molar-refractivity contribution is 6.16. The fourth-order valence-electron chi connectivity index (χ4n) is 2.74. The van der Waals surface area contributed by atoms with Crippen LogP contribution < -0.4 is 10.5 Å². The molecule has 7 nitrogen and oxygen atoms in total. The Bertz CT molecular complexity index is 1020. The minimum Gasteiger partial charge on any atom is -0.395 e. The molecule has 0 atom stereocenters. The van der Waals surface area contributed by atoms with Crippen molar-refractivity contribution >= 4 is 36.4 Å². The van der Waals surface area contributed by atoms with Crippen molar-refractivity contribution in [3.05, 3.63) is 42.9 Å². The molecule has 2 N–H and O–H groups in total. The Hall–Kier alpha value is -3.16. The summed E-state index contributed by atoms with van der Waals surface area (Å²) in [5, 5.41) is 0.982. The Morgan fingerprint density at radius 1 is 1.09 bits per heavy atom. The Morgan fingerprint density at radius 2 is 1.91 bits per heavy atom. The van der Waals surface area contributed by atoms with Crippen LogP contribution in [0.2, 0.25) is 0 Å². The van der Waals surface area contributed by atoms with Crippen molar-refractivity contribution in [2.45, 2.75) is 0 Å². The molecule has 0 fully saturated rings. The third-order valence-corrected chi connectivity index (χ3v) is 3.73. The first-order chi connectivity index (χ1) is 11.2. The fourth-order valence-corrected chi connectivity index (χ4v) is 2.74. The highest BCUT2D eigenvalue weighted by Crippen LogP contribution is 2.34. The van der Waals surface area contributed by atoms with Gasteiger partial charge in [0.25, 0.3) is 0 Å². The SMILES string of the molecule is BN(C)c1nccc(-c2c3cccnc3n3c(N)nccc23)n1. The first kappa shape index (κ1) is 13.5. The minimum atomic E-state index is 0.402. The van der Waals surface area contributed by atoms with E-state index in [1.54, 1.807) is 18.6 Å². The van der Waals surface area contributed by atoms with Crippen LogP contribution in [0.1, 0.15) is 0 Å². The van der Waals surface area contributed by atoms with Gasteiger partial charge in [-0.2, -0.15) is 0 Å². The predicted molar refractivity (Wildman–Crippen MR) is 92.9 cm³/mol. The molecular formula is C15H14BN7. The molecule has 0 saturated heterocycles. The predicted octanol–water partition coefficient (Wildman–Crippen LogP) is 0.906. The molecule has 4 heterocycles. The van der Waals surface area contributed by atoms with E-state index in [-0.39, 0.29) is 0 Å². The van der Waals surface area contributed by atoms with Crippen molar-refractivity contribution in [1.82, 2.24) is 24.3 Å². The van der Waals surface area contributed by atoms with Crippen LogP contribution in [-0.4, -0.2) is 39.4 Å².